The molecule has 0 fully saturated rings. The monoisotopic (exact) mass is 384 g/mol. The van der Waals surface area contributed by atoms with E-state index in [0.717, 1.165) is 10.0 Å². The number of carbonyl (C=O) groups excluding carboxylic acids is 2. The van der Waals surface area contributed by atoms with Crippen LogP contribution in [0.1, 0.15) is 46.6 Å². The van der Waals surface area contributed by atoms with Crippen molar-refractivity contribution >= 4 is 27.9 Å². The van der Waals surface area contributed by atoms with E-state index in [1.54, 1.807) is 34.6 Å². The second-order valence-electron chi connectivity index (χ2n) is 6.80. The molecule has 1 rings (SSSR count). The molecule has 5 heteroatoms. The molecule has 0 unspecified atom stereocenters. The van der Waals surface area contributed by atoms with Crippen molar-refractivity contribution in [3.8, 4) is 0 Å². The van der Waals surface area contributed by atoms with Crippen LogP contribution in [-0.2, 0) is 25.5 Å². The molecule has 0 bridgehead atoms. The molecule has 0 N–H and O–H groups in total. The van der Waals surface area contributed by atoms with Gasteiger partial charge in [0.2, 0.25) is 0 Å². The molecule has 4 nitrogen and oxygen atoms in total. The first-order valence-electron chi connectivity index (χ1n) is 7.73. The first kappa shape index (κ1) is 19.7. The smallest absolute Gasteiger partial charge is 0.310 e. The van der Waals surface area contributed by atoms with Crippen molar-refractivity contribution < 1.29 is 19.1 Å². The van der Waals surface area contributed by atoms with E-state index in [9.17, 15) is 9.59 Å². The number of ether oxygens (including phenoxy) is 2. The summed E-state index contributed by atoms with van der Waals surface area (Å²) in [6.07, 6.45) is 0.241. The molecule has 0 radical (unpaired) electrons. The molecule has 1 aromatic carbocycles. The Kier molecular flexibility index (Phi) is 7.26. The Morgan fingerprint density at radius 2 is 1.70 bits per heavy atom. The van der Waals surface area contributed by atoms with Crippen LogP contribution in [0.3, 0.4) is 0 Å². The zero-order chi connectivity index (χ0) is 17.6. The Morgan fingerprint density at radius 3 is 2.17 bits per heavy atom. The lowest BCUT2D eigenvalue weighted by molar-refractivity contribution is -0.163. The van der Waals surface area contributed by atoms with Crippen molar-refractivity contribution in [2.75, 3.05) is 0 Å². The summed E-state index contributed by atoms with van der Waals surface area (Å²) < 4.78 is 11.6. The van der Waals surface area contributed by atoms with Crippen molar-refractivity contribution in [1.82, 2.24) is 0 Å². The number of esters is 2. The van der Waals surface area contributed by atoms with Crippen LogP contribution in [0.4, 0.5) is 0 Å². The Labute approximate surface area is 146 Å². The Bertz CT molecular complexity index is 529. The van der Waals surface area contributed by atoms with Gasteiger partial charge in [0.1, 0.15) is 5.60 Å². The second kappa shape index (κ2) is 8.48. The van der Waals surface area contributed by atoms with Gasteiger partial charge in [-0.05, 0) is 58.7 Å². The van der Waals surface area contributed by atoms with Gasteiger partial charge in [0.25, 0.3) is 0 Å². The third kappa shape index (κ3) is 8.16. The summed E-state index contributed by atoms with van der Waals surface area (Å²) in [6.45, 7) is 9.01. The minimum Gasteiger partial charge on any atom is -0.463 e. The van der Waals surface area contributed by atoms with E-state index in [4.69, 9.17) is 9.47 Å². The van der Waals surface area contributed by atoms with E-state index in [0.29, 0.717) is 6.42 Å². The maximum atomic E-state index is 12.3. The van der Waals surface area contributed by atoms with Gasteiger partial charge in [-0.25, -0.2) is 0 Å². The molecule has 0 saturated heterocycles. The zero-order valence-electron chi connectivity index (χ0n) is 14.4. The van der Waals surface area contributed by atoms with Crippen molar-refractivity contribution in [3.63, 3.8) is 0 Å². The lowest BCUT2D eigenvalue weighted by atomic mass is 9.96. The van der Waals surface area contributed by atoms with E-state index >= 15 is 0 Å². The molecule has 0 aliphatic heterocycles. The van der Waals surface area contributed by atoms with E-state index in [1.807, 2.05) is 24.3 Å². The van der Waals surface area contributed by atoms with Crippen LogP contribution in [0.25, 0.3) is 0 Å². The highest BCUT2D eigenvalue weighted by molar-refractivity contribution is 9.10. The lowest BCUT2D eigenvalue weighted by Gasteiger charge is -2.22. The fourth-order valence-electron chi connectivity index (χ4n) is 2.06. The third-order valence-corrected chi connectivity index (χ3v) is 3.44. The van der Waals surface area contributed by atoms with Gasteiger partial charge in [-0.1, -0.05) is 28.1 Å². The molecule has 0 heterocycles. The Hall–Kier alpha value is -1.36. The number of carbonyl (C=O) groups is 2. The number of hydrogen-bond donors (Lipinski definition) is 0. The van der Waals surface area contributed by atoms with Crippen LogP contribution in [-0.4, -0.2) is 23.6 Å². The van der Waals surface area contributed by atoms with E-state index < -0.39 is 11.5 Å². The Balaban J connectivity index is 2.82. The number of rotatable bonds is 6. The van der Waals surface area contributed by atoms with Crippen molar-refractivity contribution in [2.24, 2.45) is 5.92 Å². The summed E-state index contributed by atoms with van der Waals surface area (Å²) in [5.74, 6) is -1.30. The van der Waals surface area contributed by atoms with Gasteiger partial charge in [0.15, 0.2) is 0 Å². The molecule has 1 aromatic rings. The third-order valence-electron chi connectivity index (χ3n) is 2.91. The van der Waals surface area contributed by atoms with Gasteiger partial charge < -0.3 is 9.47 Å². The number of hydrogen-bond acceptors (Lipinski definition) is 4. The maximum Gasteiger partial charge on any atom is 0.310 e. The minimum absolute atomic E-state index is 0.0128. The molecule has 23 heavy (non-hydrogen) atoms. The van der Waals surface area contributed by atoms with Crippen LogP contribution in [0.2, 0.25) is 0 Å². The number of halogens is 1. The molecule has 0 aromatic heterocycles. The predicted molar refractivity (Wildman–Crippen MR) is 93.0 cm³/mol. The van der Waals surface area contributed by atoms with E-state index in [2.05, 4.69) is 15.9 Å². The van der Waals surface area contributed by atoms with Gasteiger partial charge in [-0.2, -0.15) is 0 Å². The highest BCUT2D eigenvalue weighted by atomic mass is 79.9. The molecular formula is C18H25BrO4. The topological polar surface area (TPSA) is 52.6 Å². The molecule has 0 aliphatic carbocycles. The fraction of sp³-hybridized carbons (Fsp3) is 0.556. The summed E-state index contributed by atoms with van der Waals surface area (Å²) in [5.41, 5.74) is 0.406. The molecule has 0 saturated carbocycles. The summed E-state index contributed by atoms with van der Waals surface area (Å²) >= 11 is 3.38. The average Bonchev–Trinajstić information content (AvgIpc) is 2.37. The molecule has 0 aliphatic rings. The Morgan fingerprint density at radius 1 is 1.13 bits per heavy atom. The molecule has 0 amide bonds. The SMILES string of the molecule is CC(C)OC(=O)[C@H](CC(=O)OC(C)(C)C)Cc1ccc(Br)cc1. The van der Waals surface area contributed by atoms with Gasteiger partial charge in [-0.15, -0.1) is 0 Å². The average molecular weight is 385 g/mol. The van der Waals surface area contributed by atoms with Crippen molar-refractivity contribution in [1.29, 1.82) is 0 Å². The quantitative estimate of drug-likeness (QED) is 0.686. The lowest BCUT2D eigenvalue weighted by Crippen LogP contribution is -2.30. The van der Waals surface area contributed by atoms with Gasteiger partial charge in [-0.3, -0.25) is 9.59 Å². The largest absolute Gasteiger partial charge is 0.463 e. The van der Waals surface area contributed by atoms with Crippen molar-refractivity contribution in [3.05, 3.63) is 34.3 Å². The molecule has 0 spiro atoms. The summed E-state index contributed by atoms with van der Waals surface area (Å²) in [4.78, 5) is 24.4. The van der Waals surface area contributed by atoms with Crippen LogP contribution >= 0.6 is 15.9 Å². The van der Waals surface area contributed by atoms with Gasteiger partial charge >= 0.3 is 11.9 Å². The highest BCUT2D eigenvalue weighted by Gasteiger charge is 2.27. The zero-order valence-corrected chi connectivity index (χ0v) is 16.0. The molecule has 1 atom stereocenters. The molecule has 128 valence electrons. The van der Waals surface area contributed by atoms with Crippen LogP contribution in [0.15, 0.2) is 28.7 Å². The number of benzene rings is 1. The van der Waals surface area contributed by atoms with Crippen LogP contribution in [0.5, 0.6) is 0 Å². The standard InChI is InChI=1S/C18H25BrO4/c1-12(2)22-17(21)14(11-16(20)23-18(3,4)5)10-13-6-8-15(19)9-7-13/h6-9,12,14H,10-11H2,1-5H3/t14-/m0/s1. The van der Waals surface area contributed by atoms with Crippen molar-refractivity contribution in [2.45, 2.75) is 59.2 Å². The predicted octanol–water partition coefficient (Wildman–Crippen LogP) is 4.29. The molecular weight excluding hydrogens is 360 g/mol. The van der Waals surface area contributed by atoms with Crippen LogP contribution < -0.4 is 0 Å². The first-order valence-corrected chi connectivity index (χ1v) is 8.53. The summed E-state index contributed by atoms with van der Waals surface area (Å²) in [5, 5.41) is 0. The normalized spacial score (nSPS) is 12.8. The van der Waals surface area contributed by atoms with Gasteiger partial charge in [0.05, 0.1) is 18.4 Å². The second-order valence-corrected chi connectivity index (χ2v) is 7.72. The first-order chi connectivity index (χ1) is 10.6. The van der Waals surface area contributed by atoms with Gasteiger partial charge in [0, 0.05) is 4.47 Å². The summed E-state index contributed by atoms with van der Waals surface area (Å²) in [7, 11) is 0. The van der Waals surface area contributed by atoms with E-state index in [-0.39, 0.29) is 24.5 Å². The van der Waals surface area contributed by atoms with E-state index in [1.165, 1.54) is 0 Å². The highest BCUT2D eigenvalue weighted by Crippen LogP contribution is 2.20. The van der Waals surface area contributed by atoms with Crippen LogP contribution in [0, 0.1) is 5.92 Å². The maximum absolute atomic E-state index is 12.3. The minimum atomic E-state index is -0.568. The summed E-state index contributed by atoms with van der Waals surface area (Å²) in [6, 6.07) is 7.67. The fourth-order valence-corrected chi connectivity index (χ4v) is 2.32.